The zero-order valence-corrected chi connectivity index (χ0v) is 17.4. The minimum absolute atomic E-state index is 0.135. The maximum atomic E-state index is 13.2. The summed E-state index contributed by atoms with van der Waals surface area (Å²) in [4.78, 5) is 4.48. The number of alkyl halides is 3. The van der Waals surface area contributed by atoms with Crippen LogP contribution in [0.15, 0.2) is 53.2 Å². The van der Waals surface area contributed by atoms with Crippen molar-refractivity contribution in [2.24, 2.45) is 34.6 Å². The van der Waals surface area contributed by atoms with Crippen LogP contribution in [0.4, 0.5) is 13.2 Å². The number of hydrogen-bond acceptors (Lipinski definition) is 2. The first kappa shape index (κ1) is 21.4. The predicted molar refractivity (Wildman–Crippen MR) is 113 cm³/mol. The summed E-state index contributed by atoms with van der Waals surface area (Å²) in [5.74, 6) is 1.70. The molecule has 5 heteroatoms. The number of aliphatic hydroxyl groups is 1. The molecule has 2 nitrogen and oxygen atoms in total. The van der Waals surface area contributed by atoms with Gasteiger partial charge in [-0.1, -0.05) is 43.4 Å². The molecule has 30 heavy (non-hydrogen) atoms. The summed E-state index contributed by atoms with van der Waals surface area (Å²) >= 11 is 0. The molecule has 0 saturated heterocycles. The van der Waals surface area contributed by atoms with Crippen LogP contribution in [0.3, 0.4) is 0 Å². The van der Waals surface area contributed by atoms with Gasteiger partial charge < -0.3 is 5.11 Å². The highest BCUT2D eigenvalue weighted by Gasteiger charge is 2.44. The van der Waals surface area contributed by atoms with Crippen LogP contribution in [0.5, 0.6) is 0 Å². The Bertz CT molecular complexity index is 840. The van der Waals surface area contributed by atoms with E-state index in [9.17, 15) is 18.3 Å². The molecule has 0 spiro atoms. The quantitative estimate of drug-likeness (QED) is 0.568. The van der Waals surface area contributed by atoms with Gasteiger partial charge in [0.2, 0.25) is 0 Å². The smallest absolute Gasteiger partial charge is 0.387 e. The van der Waals surface area contributed by atoms with Gasteiger partial charge in [0.15, 0.2) is 0 Å². The highest BCUT2D eigenvalue weighted by Crippen LogP contribution is 2.52. The van der Waals surface area contributed by atoms with E-state index in [4.69, 9.17) is 0 Å². The molecule has 5 unspecified atom stereocenters. The van der Waals surface area contributed by atoms with E-state index < -0.39 is 17.8 Å². The summed E-state index contributed by atoms with van der Waals surface area (Å²) < 4.78 is 39.6. The number of hydrogen-bond donors (Lipinski definition) is 1. The van der Waals surface area contributed by atoms with Crippen molar-refractivity contribution in [3.8, 4) is 0 Å². The molecule has 1 aromatic carbocycles. The van der Waals surface area contributed by atoms with Gasteiger partial charge in [-0.3, -0.25) is 4.99 Å². The lowest BCUT2D eigenvalue weighted by Gasteiger charge is -2.31. The maximum Gasteiger partial charge on any atom is 0.416 e. The number of halogens is 3. The van der Waals surface area contributed by atoms with E-state index in [1.807, 2.05) is 12.3 Å². The van der Waals surface area contributed by atoms with Crippen LogP contribution in [0.1, 0.15) is 50.2 Å². The second-order valence-corrected chi connectivity index (χ2v) is 9.54. The van der Waals surface area contributed by atoms with Gasteiger partial charge in [0.25, 0.3) is 0 Å². The fourth-order valence-electron chi connectivity index (χ4n) is 5.67. The van der Waals surface area contributed by atoms with Crippen molar-refractivity contribution in [1.82, 2.24) is 0 Å². The third-order valence-electron chi connectivity index (χ3n) is 7.20. The number of fused-ring (bicyclic) bond motifs is 1. The molecular formula is C25H30F3NO. The average molecular weight is 418 g/mol. The summed E-state index contributed by atoms with van der Waals surface area (Å²) in [6.07, 6.45) is 4.13. The molecule has 1 N–H and O–H groups in total. The molecule has 162 valence electrons. The van der Waals surface area contributed by atoms with Crippen molar-refractivity contribution >= 4 is 6.21 Å². The third-order valence-corrected chi connectivity index (χ3v) is 7.20. The highest BCUT2D eigenvalue weighted by atomic mass is 19.4. The number of allylic oxidation sites excluding steroid dienone is 2. The van der Waals surface area contributed by atoms with Crippen molar-refractivity contribution < 1.29 is 18.3 Å². The van der Waals surface area contributed by atoms with Gasteiger partial charge in [0.1, 0.15) is 0 Å². The van der Waals surface area contributed by atoms with Crippen molar-refractivity contribution in [3.63, 3.8) is 0 Å². The fraction of sp³-hybridized carbons (Fsp3) is 0.560. The summed E-state index contributed by atoms with van der Waals surface area (Å²) in [7, 11) is 0. The Hall–Kier alpha value is -1.88. The molecule has 0 aromatic heterocycles. The zero-order valence-electron chi connectivity index (χ0n) is 17.4. The summed E-state index contributed by atoms with van der Waals surface area (Å²) in [5, 5.41) is 11.3. The topological polar surface area (TPSA) is 32.6 Å². The normalized spacial score (nSPS) is 30.8. The van der Waals surface area contributed by atoms with Gasteiger partial charge >= 0.3 is 6.18 Å². The molecule has 1 heterocycles. The Kier molecular flexibility index (Phi) is 5.93. The van der Waals surface area contributed by atoms with E-state index in [1.54, 1.807) is 6.07 Å². The molecule has 0 radical (unpaired) electrons. The van der Waals surface area contributed by atoms with Crippen LogP contribution in [0.2, 0.25) is 0 Å². The van der Waals surface area contributed by atoms with Crippen LogP contribution in [0, 0.1) is 29.6 Å². The first-order valence-corrected chi connectivity index (χ1v) is 11.0. The Morgan fingerprint density at radius 1 is 1.20 bits per heavy atom. The summed E-state index contributed by atoms with van der Waals surface area (Å²) in [5.41, 5.74) is 1.99. The largest absolute Gasteiger partial charge is 0.416 e. The SMILES string of the molecule is C=C1CC2CC(C(Cc3cccc(C(F)(F)F)c3)C(O)C3=CCC(C)C=N3)CC2C1. The molecule has 0 bridgehead atoms. The van der Waals surface area contributed by atoms with Gasteiger partial charge in [-0.25, -0.2) is 0 Å². The van der Waals surface area contributed by atoms with Gasteiger partial charge in [-0.15, -0.1) is 0 Å². The first-order chi connectivity index (χ1) is 14.2. The van der Waals surface area contributed by atoms with Crippen molar-refractivity contribution in [1.29, 1.82) is 0 Å². The van der Waals surface area contributed by atoms with E-state index in [-0.39, 0.29) is 11.8 Å². The minimum atomic E-state index is -4.36. The summed E-state index contributed by atoms with van der Waals surface area (Å²) in [6, 6.07) is 5.55. The van der Waals surface area contributed by atoms with E-state index in [0.29, 0.717) is 35.4 Å². The van der Waals surface area contributed by atoms with Crippen LogP contribution in [-0.2, 0) is 12.6 Å². The Morgan fingerprint density at radius 2 is 1.90 bits per heavy atom. The first-order valence-electron chi connectivity index (χ1n) is 11.0. The monoisotopic (exact) mass is 417 g/mol. The fourth-order valence-corrected chi connectivity index (χ4v) is 5.67. The number of benzene rings is 1. The van der Waals surface area contributed by atoms with Gasteiger partial charge in [-0.05, 0) is 79.7 Å². The second kappa shape index (κ2) is 8.33. The molecule has 1 aromatic rings. The van der Waals surface area contributed by atoms with Crippen LogP contribution in [-0.4, -0.2) is 17.4 Å². The lowest BCUT2D eigenvalue weighted by Crippen LogP contribution is -2.31. The second-order valence-electron chi connectivity index (χ2n) is 9.54. The van der Waals surface area contributed by atoms with Crippen molar-refractivity contribution in [3.05, 3.63) is 59.3 Å². The van der Waals surface area contributed by atoms with Crippen LogP contribution in [0.25, 0.3) is 0 Å². The number of rotatable bonds is 5. The zero-order chi connectivity index (χ0) is 21.5. The molecule has 5 atom stereocenters. The van der Waals surface area contributed by atoms with Crippen LogP contribution < -0.4 is 0 Å². The van der Waals surface area contributed by atoms with Gasteiger partial charge in [0, 0.05) is 6.21 Å². The maximum absolute atomic E-state index is 13.2. The van der Waals surface area contributed by atoms with Gasteiger partial charge in [0.05, 0.1) is 17.4 Å². The third kappa shape index (κ3) is 4.56. The lowest BCUT2D eigenvalue weighted by molar-refractivity contribution is -0.137. The molecule has 2 saturated carbocycles. The standard InChI is InChI=1S/C25H30F3NO/c1-15-6-7-23(29-14-15)24(30)22(20-12-18-8-16(2)9-19(18)13-20)11-17-4-3-5-21(10-17)25(26,27)28/h3-5,7,10,14-15,18-20,22,24,30H,2,6,8-9,11-13H2,1H3. The van der Waals surface area contributed by atoms with E-state index in [2.05, 4.69) is 18.5 Å². The number of nitrogens with zero attached hydrogens (tertiary/aromatic N) is 1. The van der Waals surface area contributed by atoms with Gasteiger partial charge in [-0.2, -0.15) is 13.2 Å². The van der Waals surface area contributed by atoms with E-state index in [1.165, 1.54) is 17.7 Å². The molecule has 3 aliphatic rings. The lowest BCUT2D eigenvalue weighted by atomic mass is 9.78. The van der Waals surface area contributed by atoms with E-state index in [0.717, 1.165) is 38.2 Å². The Balaban J connectivity index is 1.58. The molecule has 0 amide bonds. The summed E-state index contributed by atoms with van der Waals surface area (Å²) in [6.45, 7) is 6.22. The molecule has 4 rings (SSSR count). The molecule has 2 aliphatic carbocycles. The molecular weight excluding hydrogens is 387 g/mol. The van der Waals surface area contributed by atoms with Crippen molar-refractivity contribution in [2.75, 3.05) is 0 Å². The Labute approximate surface area is 176 Å². The van der Waals surface area contributed by atoms with Crippen LogP contribution >= 0.6 is 0 Å². The Morgan fingerprint density at radius 3 is 2.50 bits per heavy atom. The minimum Gasteiger partial charge on any atom is -0.387 e. The number of aliphatic imine (C=N–C) groups is 1. The average Bonchev–Trinajstić information content (AvgIpc) is 3.23. The predicted octanol–water partition coefficient (Wildman–Crippen LogP) is 6.21. The number of aliphatic hydroxyl groups excluding tert-OH is 1. The van der Waals surface area contributed by atoms with Crippen molar-refractivity contribution in [2.45, 2.75) is 57.7 Å². The highest BCUT2D eigenvalue weighted by molar-refractivity contribution is 5.63. The molecule has 1 aliphatic heterocycles. The van der Waals surface area contributed by atoms with E-state index >= 15 is 0 Å². The molecule has 2 fully saturated rings.